The molecule has 1 N–H and O–H groups in total. The van der Waals surface area contributed by atoms with Crippen molar-refractivity contribution in [2.75, 3.05) is 0 Å². The first-order valence-corrected chi connectivity index (χ1v) is 5.96. The second-order valence-corrected chi connectivity index (χ2v) is 5.04. The molecule has 1 rings (SSSR count). The van der Waals surface area contributed by atoms with E-state index in [1.165, 1.54) is 28.5 Å². The number of hydrogen-bond donors (Lipinski definition) is 1. The second kappa shape index (κ2) is 5.21. The Bertz CT molecular complexity index is 361. The van der Waals surface area contributed by atoms with Crippen LogP contribution in [0.3, 0.4) is 0 Å². The average molecular weight is 224 g/mol. The molecule has 3 heteroatoms. The van der Waals surface area contributed by atoms with Crippen LogP contribution in [-0.2, 0) is 10.5 Å². The van der Waals surface area contributed by atoms with Crippen LogP contribution in [0.25, 0.3) is 0 Å². The van der Waals surface area contributed by atoms with Gasteiger partial charge in [-0.05, 0) is 37.5 Å². The fraction of sp³-hybridized carbons (Fsp3) is 0.417. The minimum absolute atomic E-state index is 0.341. The lowest BCUT2D eigenvalue weighted by Gasteiger charge is -2.07. The molecule has 0 saturated carbocycles. The lowest BCUT2D eigenvalue weighted by atomic mass is 10.1. The fourth-order valence-electron chi connectivity index (χ4n) is 1.19. The topological polar surface area (TPSA) is 37.3 Å². The highest BCUT2D eigenvalue weighted by atomic mass is 32.2. The van der Waals surface area contributed by atoms with Gasteiger partial charge >= 0.3 is 5.97 Å². The highest BCUT2D eigenvalue weighted by molar-refractivity contribution is 7.99. The van der Waals surface area contributed by atoms with Gasteiger partial charge in [0.15, 0.2) is 0 Å². The molecule has 82 valence electrons. The van der Waals surface area contributed by atoms with Crippen molar-refractivity contribution in [1.29, 1.82) is 0 Å². The molecule has 2 nitrogen and oxygen atoms in total. The Morgan fingerprint density at radius 2 is 2.07 bits per heavy atom. The van der Waals surface area contributed by atoms with Gasteiger partial charge in [0.2, 0.25) is 0 Å². The second-order valence-electron chi connectivity index (χ2n) is 3.71. The predicted octanol–water partition coefficient (Wildman–Crippen LogP) is 3.01. The number of carbonyl (C=O) groups is 1. The quantitative estimate of drug-likeness (QED) is 0.854. The van der Waals surface area contributed by atoms with Gasteiger partial charge in [-0.3, -0.25) is 4.79 Å². The lowest BCUT2D eigenvalue weighted by Crippen LogP contribution is -2.11. The standard InChI is InChI=1S/C12H16O2S/c1-8-4-5-11(6-9(8)2)7-15-10(3)12(13)14/h4-6,10H,7H2,1-3H3,(H,13,14). The number of aryl methyl sites for hydroxylation is 2. The zero-order valence-corrected chi connectivity index (χ0v) is 10.1. The van der Waals surface area contributed by atoms with E-state index < -0.39 is 5.97 Å². The lowest BCUT2D eigenvalue weighted by molar-refractivity contribution is -0.136. The van der Waals surface area contributed by atoms with Crippen LogP contribution in [0.1, 0.15) is 23.6 Å². The van der Waals surface area contributed by atoms with E-state index in [-0.39, 0.29) is 5.25 Å². The van der Waals surface area contributed by atoms with Gasteiger partial charge in [-0.15, -0.1) is 11.8 Å². The number of carboxylic acids is 1. The minimum atomic E-state index is -0.746. The normalized spacial score (nSPS) is 12.5. The molecular weight excluding hydrogens is 208 g/mol. The molecule has 1 unspecified atom stereocenters. The Morgan fingerprint density at radius 1 is 1.40 bits per heavy atom. The van der Waals surface area contributed by atoms with Crippen molar-refractivity contribution in [3.8, 4) is 0 Å². The third-order valence-corrected chi connectivity index (χ3v) is 3.62. The molecule has 0 aliphatic carbocycles. The van der Waals surface area contributed by atoms with E-state index >= 15 is 0 Å². The molecule has 0 saturated heterocycles. The van der Waals surface area contributed by atoms with E-state index in [1.54, 1.807) is 6.92 Å². The predicted molar refractivity (Wildman–Crippen MR) is 64.3 cm³/mol. The Labute approximate surface area is 94.7 Å². The Morgan fingerprint density at radius 3 is 2.60 bits per heavy atom. The summed E-state index contributed by atoms with van der Waals surface area (Å²) in [5, 5.41) is 8.40. The fourth-order valence-corrected chi connectivity index (χ4v) is 1.95. The molecule has 1 atom stereocenters. The number of rotatable bonds is 4. The SMILES string of the molecule is Cc1ccc(CSC(C)C(=O)O)cc1C. The summed E-state index contributed by atoms with van der Waals surface area (Å²) in [6, 6.07) is 6.26. The maximum absolute atomic E-state index is 10.6. The van der Waals surface area contributed by atoms with Crippen LogP contribution in [0.5, 0.6) is 0 Å². The summed E-state index contributed by atoms with van der Waals surface area (Å²) in [6.45, 7) is 5.87. The third kappa shape index (κ3) is 3.59. The summed E-state index contributed by atoms with van der Waals surface area (Å²) >= 11 is 1.45. The highest BCUT2D eigenvalue weighted by Crippen LogP contribution is 2.19. The first-order valence-electron chi connectivity index (χ1n) is 4.91. The van der Waals surface area contributed by atoms with E-state index in [9.17, 15) is 4.79 Å². The van der Waals surface area contributed by atoms with Gasteiger partial charge < -0.3 is 5.11 Å². The van der Waals surface area contributed by atoms with Crippen molar-refractivity contribution in [3.05, 3.63) is 34.9 Å². The van der Waals surface area contributed by atoms with Crippen molar-refractivity contribution >= 4 is 17.7 Å². The summed E-state index contributed by atoms with van der Waals surface area (Å²) in [6.07, 6.45) is 0. The molecule has 0 spiro atoms. The van der Waals surface area contributed by atoms with Gasteiger partial charge in [-0.25, -0.2) is 0 Å². The molecule has 0 aliphatic rings. The molecule has 0 amide bonds. The van der Waals surface area contributed by atoms with Gasteiger partial charge in [0.1, 0.15) is 0 Å². The van der Waals surface area contributed by atoms with E-state index in [0.29, 0.717) is 0 Å². The molecule has 1 aromatic carbocycles. The maximum atomic E-state index is 10.6. The van der Waals surface area contributed by atoms with Crippen molar-refractivity contribution in [2.45, 2.75) is 31.8 Å². The van der Waals surface area contributed by atoms with Gasteiger partial charge in [0, 0.05) is 5.75 Å². The van der Waals surface area contributed by atoms with E-state index in [0.717, 1.165) is 5.75 Å². The minimum Gasteiger partial charge on any atom is -0.480 e. The van der Waals surface area contributed by atoms with E-state index in [2.05, 4.69) is 32.0 Å². The first-order chi connectivity index (χ1) is 7.00. The summed E-state index contributed by atoms with van der Waals surface area (Å²) in [4.78, 5) is 10.6. The van der Waals surface area contributed by atoms with Gasteiger partial charge in [0.05, 0.1) is 5.25 Å². The summed E-state index contributed by atoms with van der Waals surface area (Å²) in [5.41, 5.74) is 3.72. The number of carboxylic acid groups (broad SMARTS) is 1. The molecule has 0 bridgehead atoms. The van der Waals surface area contributed by atoms with Crippen molar-refractivity contribution in [1.82, 2.24) is 0 Å². The summed E-state index contributed by atoms with van der Waals surface area (Å²) in [5.74, 6) is 0.0121. The Balaban J connectivity index is 2.58. The number of hydrogen-bond acceptors (Lipinski definition) is 2. The smallest absolute Gasteiger partial charge is 0.316 e. The Hall–Kier alpha value is -0.960. The first kappa shape index (κ1) is 12.1. The zero-order chi connectivity index (χ0) is 11.4. The van der Waals surface area contributed by atoms with Crippen molar-refractivity contribution in [2.24, 2.45) is 0 Å². The molecule has 15 heavy (non-hydrogen) atoms. The van der Waals surface area contributed by atoms with Crippen LogP contribution in [0.15, 0.2) is 18.2 Å². The van der Waals surface area contributed by atoms with Crippen LogP contribution >= 0.6 is 11.8 Å². The van der Waals surface area contributed by atoms with Gasteiger partial charge in [0.25, 0.3) is 0 Å². The highest BCUT2D eigenvalue weighted by Gasteiger charge is 2.10. The van der Waals surface area contributed by atoms with Crippen molar-refractivity contribution < 1.29 is 9.90 Å². The van der Waals surface area contributed by atoms with Crippen molar-refractivity contribution in [3.63, 3.8) is 0 Å². The molecule has 0 aromatic heterocycles. The van der Waals surface area contributed by atoms with Crippen LogP contribution < -0.4 is 0 Å². The molecule has 0 aliphatic heterocycles. The van der Waals surface area contributed by atoms with Crippen LogP contribution in [-0.4, -0.2) is 16.3 Å². The monoisotopic (exact) mass is 224 g/mol. The zero-order valence-electron chi connectivity index (χ0n) is 9.28. The van der Waals surface area contributed by atoms with Crippen LogP contribution in [0, 0.1) is 13.8 Å². The molecule has 1 aromatic rings. The molecule has 0 fully saturated rings. The molecular formula is C12H16O2S. The third-order valence-electron chi connectivity index (χ3n) is 2.42. The van der Waals surface area contributed by atoms with E-state index in [1.807, 2.05) is 0 Å². The average Bonchev–Trinajstić information content (AvgIpc) is 2.19. The Kier molecular flexibility index (Phi) is 4.21. The summed E-state index contributed by atoms with van der Waals surface area (Å²) in [7, 11) is 0. The maximum Gasteiger partial charge on any atom is 0.316 e. The van der Waals surface area contributed by atoms with Crippen LogP contribution in [0.4, 0.5) is 0 Å². The number of thioether (sulfide) groups is 1. The number of benzene rings is 1. The molecule has 0 heterocycles. The van der Waals surface area contributed by atoms with Crippen LogP contribution in [0.2, 0.25) is 0 Å². The molecule has 0 radical (unpaired) electrons. The largest absolute Gasteiger partial charge is 0.480 e. The number of aliphatic carboxylic acids is 1. The van der Waals surface area contributed by atoms with E-state index in [4.69, 9.17) is 5.11 Å². The van der Waals surface area contributed by atoms with Gasteiger partial charge in [-0.2, -0.15) is 0 Å². The summed E-state index contributed by atoms with van der Waals surface area (Å²) < 4.78 is 0. The van der Waals surface area contributed by atoms with Gasteiger partial charge in [-0.1, -0.05) is 18.2 Å².